The van der Waals surface area contributed by atoms with Crippen molar-refractivity contribution in [1.82, 2.24) is 25.2 Å². The van der Waals surface area contributed by atoms with Crippen LogP contribution in [0.25, 0.3) is 0 Å². The van der Waals surface area contributed by atoms with Crippen molar-refractivity contribution in [1.29, 1.82) is 0 Å². The zero-order chi connectivity index (χ0) is 17.6. The number of halogens is 1. The summed E-state index contributed by atoms with van der Waals surface area (Å²) in [4.78, 5) is 25.7. The van der Waals surface area contributed by atoms with Crippen LogP contribution in [-0.2, 0) is 11.3 Å². The van der Waals surface area contributed by atoms with E-state index in [0.29, 0.717) is 31.1 Å². The molecule has 1 aliphatic heterocycles. The van der Waals surface area contributed by atoms with E-state index in [-0.39, 0.29) is 17.5 Å². The summed E-state index contributed by atoms with van der Waals surface area (Å²) in [5, 5.41) is 11.3. The minimum absolute atomic E-state index is 0.159. The van der Waals surface area contributed by atoms with Crippen molar-refractivity contribution in [3.63, 3.8) is 0 Å². The predicted molar refractivity (Wildman–Crippen MR) is 93.3 cm³/mol. The van der Waals surface area contributed by atoms with Gasteiger partial charge < -0.3 is 10.2 Å². The molecule has 1 saturated heterocycles. The van der Waals surface area contributed by atoms with Crippen LogP contribution in [0.2, 0.25) is 5.02 Å². The number of carbonyl (C=O) groups excluding carboxylic acids is 2. The van der Waals surface area contributed by atoms with E-state index in [9.17, 15) is 9.59 Å². The van der Waals surface area contributed by atoms with Crippen molar-refractivity contribution in [2.24, 2.45) is 0 Å². The highest BCUT2D eigenvalue weighted by molar-refractivity contribution is 6.31. The molecule has 1 aliphatic rings. The first kappa shape index (κ1) is 17.4. The van der Waals surface area contributed by atoms with Crippen LogP contribution in [0.4, 0.5) is 0 Å². The second kappa shape index (κ2) is 8.11. The number of benzene rings is 1. The highest BCUT2D eigenvalue weighted by Gasteiger charge is 2.18. The largest absolute Gasteiger partial charge is 0.349 e. The van der Waals surface area contributed by atoms with Gasteiger partial charge in [0.25, 0.3) is 5.91 Å². The lowest BCUT2D eigenvalue weighted by molar-refractivity contribution is -0.133. The van der Waals surface area contributed by atoms with Gasteiger partial charge in [-0.1, -0.05) is 35.0 Å². The molecule has 1 aromatic carbocycles. The number of carbonyl (C=O) groups is 2. The Balaban J connectivity index is 1.50. The molecule has 1 N–H and O–H groups in total. The number of aromatic nitrogens is 3. The van der Waals surface area contributed by atoms with Crippen LogP contribution < -0.4 is 5.32 Å². The number of amides is 2. The summed E-state index contributed by atoms with van der Waals surface area (Å²) in [5.41, 5.74) is 1.15. The fourth-order valence-corrected chi connectivity index (χ4v) is 2.97. The molecule has 132 valence electrons. The molecule has 0 saturated carbocycles. The lowest BCUT2D eigenvalue weighted by Gasteiger charge is -2.26. The zero-order valence-corrected chi connectivity index (χ0v) is 14.6. The average Bonchev–Trinajstić information content (AvgIpc) is 3.07. The molecule has 2 aromatic rings. The summed E-state index contributed by atoms with van der Waals surface area (Å²) in [5.74, 6) is -0.138. The van der Waals surface area contributed by atoms with E-state index in [2.05, 4.69) is 15.6 Å². The summed E-state index contributed by atoms with van der Waals surface area (Å²) >= 11 is 6.12. The van der Waals surface area contributed by atoms with Gasteiger partial charge in [-0.15, -0.1) is 5.10 Å². The highest BCUT2D eigenvalue weighted by atomic mass is 35.5. The third-order valence-electron chi connectivity index (χ3n) is 4.15. The molecule has 3 rings (SSSR count). The SMILES string of the molecule is O=C(NCCN1CCCCC1=O)c1cn(Cc2ccccc2Cl)nn1. The smallest absolute Gasteiger partial charge is 0.273 e. The molecule has 0 atom stereocenters. The molecule has 2 amide bonds. The molecule has 7 nitrogen and oxygen atoms in total. The Morgan fingerprint density at radius 2 is 2.12 bits per heavy atom. The van der Waals surface area contributed by atoms with Gasteiger partial charge in [0.1, 0.15) is 0 Å². The van der Waals surface area contributed by atoms with Crippen LogP contribution in [0.5, 0.6) is 0 Å². The fraction of sp³-hybridized carbons (Fsp3) is 0.412. The van der Waals surface area contributed by atoms with Gasteiger partial charge in [-0.25, -0.2) is 4.68 Å². The Hall–Kier alpha value is -2.41. The summed E-state index contributed by atoms with van der Waals surface area (Å²) in [7, 11) is 0. The van der Waals surface area contributed by atoms with Crippen LogP contribution in [0, 0.1) is 0 Å². The normalized spacial score (nSPS) is 14.6. The maximum Gasteiger partial charge on any atom is 0.273 e. The Labute approximate surface area is 150 Å². The molecular weight excluding hydrogens is 342 g/mol. The molecular formula is C17H20ClN5O2. The molecule has 2 heterocycles. The summed E-state index contributed by atoms with van der Waals surface area (Å²) < 4.78 is 1.57. The van der Waals surface area contributed by atoms with Gasteiger partial charge in [0, 0.05) is 31.1 Å². The van der Waals surface area contributed by atoms with Crippen LogP contribution in [0.1, 0.15) is 35.3 Å². The highest BCUT2D eigenvalue weighted by Crippen LogP contribution is 2.15. The van der Waals surface area contributed by atoms with Crippen LogP contribution in [-0.4, -0.2) is 51.3 Å². The lowest BCUT2D eigenvalue weighted by atomic mass is 10.1. The van der Waals surface area contributed by atoms with Crippen molar-refractivity contribution in [2.45, 2.75) is 25.8 Å². The molecule has 0 aliphatic carbocycles. The van der Waals surface area contributed by atoms with Gasteiger partial charge in [0.2, 0.25) is 5.91 Å². The van der Waals surface area contributed by atoms with Crippen molar-refractivity contribution in [3.8, 4) is 0 Å². The Kier molecular flexibility index (Phi) is 5.65. The summed E-state index contributed by atoms with van der Waals surface area (Å²) in [6.07, 6.45) is 4.17. The number of hydrogen-bond acceptors (Lipinski definition) is 4. The number of piperidine rings is 1. The number of hydrogen-bond donors (Lipinski definition) is 1. The molecule has 25 heavy (non-hydrogen) atoms. The number of rotatable bonds is 6. The minimum atomic E-state index is -0.296. The first-order valence-electron chi connectivity index (χ1n) is 8.33. The average molecular weight is 362 g/mol. The second-order valence-electron chi connectivity index (χ2n) is 5.99. The Morgan fingerprint density at radius 1 is 1.28 bits per heavy atom. The van der Waals surface area contributed by atoms with Gasteiger partial charge in [-0.3, -0.25) is 9.59 Å². The second-order valence-corrected chi connectivity index (χ2v) is 6.39. The van der Waals surface area contributed by atoms with Crippen molar-refractivity contribution >= 4 is 23.4 Å². The topological polar surface area (TPSA) is 80.1 Å². The van der Waals surface area contributed by atoms with Gasteiger partial charge in [-0.05, 0) is 24.5 Å². The number of nitrogens with zero attached hydrogens (tertiary/aromatic N) is 4. The zero-order valence-electron chi connectivity index (χ0n) is 13.8. The van der Waals surface area contributed by atoms with E-state index in [4.69, 9.17) is 11.6 Å². The standard InChI is InChI=1S/C17H20ClN5O2/c18-14-6-2-1-5-13(14)11-23-12-15(20-21-23)17(25)19-8-10-22-9-4-3-7-16(22)24/h1-2,5-6,12H,3-4,7-11H2,(H,19,25). The van der Waals surface area contributed by atoms with Crippen LogP contribution in [0.3, 0.4) is 0 Å². The third kappa shape index (κ3) is 4.57. The van der Waals surface area contributed by atoms with Gasteiger partial charge in [0.15, 0.2) is 5.69 Å². The van der Waals surface area contributed by atoms with E-state index in [0.717, 1.165) is 24.9 Å². The maximum absolute atomic E-state index is 12.1. The van der Waals surface area contributed by atoms with E-state index in [1.165, 1.54) is 0 Å². The Morgan fingerprint density at radius 3 is 2.92 bits per heavy atom. The molecule has 0 unspecified atom stereocenters. The van der Waals surface area contributed by atoms with E-state index in [1.54, 1.807) is 15.8 Å². The quantitative estimate of drug-likeness (QED) is 0.849. The van der Waals surface area contributed by atoms with Crippen molar-refractivity contribution < 1.29 is 9.59 Å². The third-order valence-corrected chi connectivity index (χ3v) is 4.52. The summed E-state index contributed by atoms with van der Waals surface area (Å²) in [6.45, 7) is 2.14. The van der Waals surface area contributed by atoms with Gasteiger partial charge >= 0.3 is 0 Å². The van der Waals surface area contributed by atoms with Crippen LogP contribution in [0.15, 0.2) is 30.5 Å². The molecule has 0 spiro atoms. The van der Waals surface area contributed by atoms with E-state index in [1.807, 2.05) is 24.3 Å². The maximum atomic E-state index is 12.1. The van der Waals surface area contributed by atoms with Gasteiger partial charge in [0.05, 0.1) is 12.7 Å². The Bertz CT molecular complexity index is 761. The van der Waals surface area contributed by atoms with E-state index >= 15 is 0 Å². The number of likely N-dealkylation sites (tertiary alicyclic amines) is 1. The first-order chi connectivity index (χ1) is 12.1. The molecule has 8 heteroatoms. The lowest BCUT2D eigenvalue weighted by Crippen LogP contribution is -2.41. The molecule has 0 radical (unpaired) electrons. The monoisotopic (exact) mass is 361 g/mol. The first-order valence-corrected chi connectivity index (χ1v) is 8.71. The molecule has 1 fully saturated rings. The fourth-order valence-electron chi connectivity index (χ4n) is 2.77. The van der Waals surface area contributed by atoms with Gasteiger partial charge in [-0.2, -0.15) is 0 Å². The molecule has 1 aromatic heterocycles. The van der Waals surface area contributed by atoms with Crippen molar-refractivity contribution in [2.75, 3.05) is 19.6 Å². The summed E-state index contributed by atoms with van der Waals surface area (Å²) in [6, 6.07) is 7.47. The van der Waals surface area contributed by atoms with Crippen LogP contribution >= 0.6 is 11.6 Å². The van der Waals surface area contributed by atoms with E-state index < -0.39 is 0 Å². The number of nitrogens with one attached hydrogen (secondary N) is 1. The molecule has 0 bridgehead atoms. The minimum Gasteiger partial charge on any atom is -0.349 e. The van der Waals surface area contributed by atoms with Crippen molar-refractivity contribution in [3.05, 3.63) is 46.7 Å². The predicted octanol–water partition coefficient (Wildman–Crippen LogP) is 1.72.